The Morgan fingerprint density at radius 1 is 1.36 bits per heavy atom. The SMILES string of the molecule is COc1ccc(C(CNC(=O)c2cc(Cl)c[nH]2)N2CCOCC2)cc1. The molecule has 7 heteroatoms. The van der Waals surface area contributed by atoms with Crippen LogP contribution in [0, 0.1) is 0 Å². The van der Waals surface area contributed by atoms with E-state index in [2.05, 4.69) is 15.2 Å². The number of nitrogens with zero attached hydrogens (tertiary/aromatic N) is 1. The van der Waals surface area contributed by atoms with E-state index in [0.29, 0.717) is 30.5 Å². The quantitative estimate of drug-likeness (QED) is 0.827. The number of aromatic nitrogens is 1. The van der Waals surface area contributed by atoms with Crippen LogP contribution in [0.1, 0.15) is 22.1 Å². The second-order valence-electron chi connectivity index (χ2n) is 5.88. The molecule has 0 spiro atoms. The van der Waals surface area contributed by atoms with Crippen molar-refractivity contribution in [2.75, 3.05) is 40.0 Å². The molecule has 1 aliphatic rings. The van der Waals surface area contributed by atoms with Gasteiger partial charge in [0.1, 0.15) is 11.4 Å². The fraction of sp³-hybridized carbons (Fsp3) is 0.389. The van der Waals surface area contributed by atoms with Crippen LogP contribution in [0.15, 0.2) is 36.5 Å². The molecule has 134 valence electrons. The molecule has 1 aromatic carbocycles. The standard InChI is InChI=1S/C18H22ClN3O3/c1-24-15-4-2-13(3-5-15)17(22-6-8-25-9-7-22)12-21-18(23)16-10-14(19)11-20-16/h2-5,10-11,17,20H,6-9,12H2,1H3,(H,21,23). The van der Waals surface area contributed by atoms with Crippen LogP contribution in [-0.2, 0) is 4.74 Å². The van der Waals surface area contributed by atoms with Crippen LogP contribution in [0.4, 0.5) is 0 Å². The number of hydrogen-bond acceptors (Lipinski definition) is 4. The summed E-state index contributed by atoms with van der Waals surface area (Å²) < 4.78 is 10.7. The van der Waals surface area contributed by atoms with Gasteiger partial charge in [0, 0.05) is 25.8 Å². The molecule has 0 radical (unpaired) electrons. The second-order valence-corrected chi connectivity index (χ2v) is 6.32. The van der Waals surface area contributed by atoms with Gasteiger partial charge in [0.2, 0.25) is 0 Å². The minimum Gasteiger partial charge on any atom is -0.497 e. The van der Waals surface area contributed by atoms with Crippen molar-refractivity contribution in [1.82, 2.24) is 15.2 Å². The number of aromatic amines is 1. The summed E-state index contributed by atoms with van der Waals surface area (Å²) in [6, 6.07) is 9.65. The van der Waals surface area contributed by atoms with Gasteiger partial charge in [-0.15, -0.1) is 0 Å². The summed E-state index contributed by atoms with van der Waals surface area (Å²) in [6.07, 6.45) is 1.60. The van der Waals surface area contributed by atoms with Crippen molar-refractivity contribution in [3.8, 4) is 5.75 Å². The van der Waals surface area contributed by atoms with E-state index in [1.807, 2.05) is 24.3 Å². The first-order valence-electron chi connectivity index (χ1n) is 8.25. The first kappa shape index (κ1) is 17.8. The van der Waals surface area contributed by atoms with Crippen molar-refractivity contribution >= 4 is 17.5 Å². The molecule has 2 N–H and O–H groups in total. The zero-order valence-corrected chi connectivity index (χ0v) is 14.9. The minimum atomic E-state index is -0.168. The maximum atomic E-state index is 12.3. The third kappa shape index (κ3) is 4.54. The van der Waals surface area contributed by atoms with E-state index in [-0.39, 0.29) is 11.9 Å². The predicted molar refractivity (Wildman–Crippen MR) is 96.3 cm³/mol. The summed E-state index contributed by atoms with van der Waals surface area (Å²) in [5.74, 6) is 0.646. The van der Waals surface area contributed by atoms with Crippen molar-refractivity contribution < 1.29 is 14.3 Å². The predicted octanol–water partition coefficient (Wildman–Crippen LogP) is 2.48. The Labute approximate surface area is 152 Å². The number of halogens is 1. The molecule has 1 saturated heterocycles. The fourth-order valence-corrected chi connectivity index (χ4v) is 3.12. The third-order valence-electron chi connectivity index (χ3n) is 4.34. The first-order valence-corrected chi connectivity index (χ1v) is 8.63. The Morgan fingerprint density at radius 2 is 2.08 bits per heavy atom. The number of methoxy groups -OCH3 is 1. The average molecular weight is 364 g/mol. The van der Waals surface area contributed by atoms with Crippen molar-refractivity contribution in [3.63, 3.8) is 0 Å². The molecule has 1 amide bonds. The molecule has 1 fully saturated rings. The number of amides is 1. The molecular weight excluding hydrogens is 342 g/mol. The summed E-state index contributed by atoms with van der Waals surface area (Å²) in [5, 5.41) is 3.51. The van der Waals surface area contributed by atoms with Crippen molar-refractivity contribution in [3.05, 3.63) is 52.8 Å². The molecule has 0 saturated carbocycles. The number of morpholine rings is 1. The van der Waals surface area contributed by atoms with Crippen LogP contribution in [-0.4, -0.2) is 55.7 Å². The van der Waals surface area contributed by atoms with Crippen LogP contribution < -0.4 is 10.1 Å². The Kier molecular flexibility index (Phi) is 5.96. The smallest absolute Gasteiger partial charge is 0.267 e. The molecule has 25 heavy (non-hydrogen) atoms. The summed E-state index contributed by atoms with van der Waals surface area (Å²) >= 11 is 5.87. The molecule has 6 nitrogen and oxygen atoms in total. The number of ether oxygens (including phenoxy) is 2. The minimum absolute atomic E-state index is 0.0733. The van der Waals surface area contributed by atoms with E-state index >= 15 is 0 Å². The van der Waals surface area contributed by atoms with Crippen LogP contribution in [0.2, 0.25) is 5.02 Å². The zero-order valence-electron chi connectivity index (χ0n) is 14.1. The Hall–Kier alpha value is -2.02. The number of hydrogen-bond donors (Lipinski definition) is 2. The lowest BCUT2D eigenvalue weighted by atomic mass is 10.0. The van der Waals surface area contributed by atoms with Gasteiger partial charge in [-0.3, -0.25) is 9.69 Å². The maximum absolute atomic E-state index is 12.3. The van der Waals surface area contributed by atoms with Crippen LogP contribution in [0.25, 0.3) is 0 Å². The molecule has 1 atom stereocenters. The van der Waals surface area contributed by atoms with E-state index in [9.17, 15) is 4.79 Å². The highest BCUT2D eigenvalue weighted by atomic mass is 35.5. The van der Waals surface area contributed by atoms with Gasteiger partial charge in [-0.25, -0.2) is 0 Å². The van der Waals surface area contributed by atoms with Crippen molar-refractivity contribution in [2.45, 2.75) is 6.04 Å². The lowest BCUT2D eigenvalue weighted by Crippen LogP contribution is -2.43. The largest absolute Gasteiger partial charge is 0.497 e. The summed E-state index contributed by atoms with van der Waals surface area (Å²) in [6.45, 7) is 3.57. The van der Waals surface area contributed by atoms with Gasteiger partial charge in [0.25, 0.3) is 5.91 Å². The number of nitrogens with one attached hydrogen (secondary N) is 2. The molecule has 1 aromatic heterocycles. The molecule has 0 aliphatic carbocycles. The first-order chi connectivity index (χ1) is 12.2. The molecule has 3 rings (SSSR count). The third-order valence-corrected chi connectivity index (χ3v) is 4.55. The van der Waals surface area contributed by atoms with E-state index in [1.54, 1.807) is 19.4 Å². The highest BCUT2D eigenvalue weighted by Crippen LogP contribution is 2.24. The van der Waals surface area contributed by atoms with Gasteiger partial charge in [0.05, 0.1) is 31.4 Å². The van der Waals surface area contributed by atoms with Crippen LogP contribution >= 0.6 is 11.6 Å². The maximum Gasteiger partial charge on any atom is 0.267 e. The number of H-pyrrole nitrogens is 1. The molecular formula is C18H22ClN3O3. The van der Waals surface area contributed by atoms with E-state index in [0.717, 1.165) is 24.4 Å². The van der Waals surface area contributed by atoms with Gasteiger partial charge in [-0.05, 0) is 23.8 Å². The van der Waals surface area contributed by atoms with E-state index < -0.39 is 0 Å². The lowest BCUT2D eigenvalue weighted by Gasteiger charge is -2.35. The number of carbonyl (C=O) groups is 1. The Balaban J connectivity index is 1.72. The van der Waals surface area contributed by atoms with Crippen LogP contribution in [0.5, 0.6) is 5.75 Å². The topological polar surface area (TPSA) is 66.6 Å². The van der Waals surface area contributed by atoms with E-state index in [1.165, 1.54) is 0 Å². The summed E-state index contributed by atoms with van der Waals surface area (Å²) in [5.41, 5.74) is 1.59. The molecule has 1 unspecified atom stereocenters. The van der Waals surface area contributed by atoms with Gasteiger partial charge in [0.15, 0.2) is 0 Å². The number of benzene rings is 1. The number of carbonyl (C=O) groups excluding carboxylic acids is 1. The van der Waals surface area contributed by atoms with E-state index in [4.69, 9.17) is 21.1 Å². The lowest BCUT2D eigenvalue weighted by molar-refractivity contribution is 0.0162. The van der Waals surface area contributed by atoms with Crippen molar-refractivity contribution in [2.24, 2.45) is 0 Å². The highest BCUT2D eigenvalue weighted by molar-refractivity contribution is 6.30. The van der Waals surface area contributed by atoms with Crippen molar-refractivity contribution in [1.29, 1.82) is 0 Å². The molecule has 2 aromatic rings. The molecule has 0 bridgehead atoms. The zero-order chi connectivity index (χ0) is 17.6. The van der Waals surface area contributed by atoms with Gasteiger partial charge in [-0.1, -0.05) is 23.7 Å². The van der Waals surface area contributed by atoms with Gasteiger partial charge in [-0.2, -0.15) is 0 Å². The van der Waals surface area contributed by atoms with Crippen LogP contribution in [0.3, 0.4) is 0 Å². The molecule has 1 aliphatic heterocycles. The number of rotatable bonds is 6. The Morgan fingerprint density at radius 3 is 2.68 bits per heavy atom. The normalized spacial score (nSPS) is 16.4. The van der Waals surface area contributed by atoms with Gasteiger partial charge >= 0.3 is 0 Å². The highest BCUT2D eigenvalue weighted by Gasteiger charge is 2.23. The average Bonchev–Trinajstić information content (AvgIpc) is 3.10. The molecule has 2 heterocycles. The Bertz CT molecular complexity index is 696. The monoisotopic (exact) mass is 363 g/mol. The summed E-state index contributed by atoms with van der Waals surface area (Å²) in [7, 11) is 1.65. The summed E-state index contributed by atoms with van der Waals surface area (Å²) in [4.78, 5) is 17.5. The van der Waals surface area contributed by atoms with Gasteiger partial charge < -0.3 is 19.8 Å². The fourth-order valence-electron chi connectivity index (χ4n) is 2.96. The second kappa shape index (κ2) is 8.38.